The Morgan fingerprint density at radius 1 is 1.06 bits per heavy atom. The topological polar surface area (TPSA) is 138 Å². The highest BCUT2D eigenvalue weighted by Gasteiger charge is 2.26. The van der Waals surface area contributed by atoms with Crippen molar-refractivity contribution in [2.45, 2.75) is 6.92 Å². The van der Waals surface area contributed by atoms with Crippen LogP contribution in [0.15, 0.2) is 63.6 Å². The van der Waals surface area contributed by atoms with E-state index in [1.54, 1.807) is 19.1 Å². The van der Waals surface area contributed by atoms with Gasteiger partial charge in [-0.3, -0.25) is 20.2 Å². The number of carbonyl (C=O) groups is 1. The van der Waals surface area contributed by atoms with Crippen LogP contribution in [0.2, 0.25) is 5.02 Å². The smallest absolute Gasteiger partial charge is 0.363 e. The Bertz CT molecular complexity index is 1360. The molecule has 1 aliphatic rings. The molecule has 11 heteroatoms. The number of esters is 1. The third-order valence-corrected chi connectivity index (χ3v) is 4.89. The summed E-state index contributed by atoms with van der Waals surface area (Å²) >= 11 is 6.00. The number of nitrogens with zero attached hydrogens (tertiary/aromatic N) is 3. The minimum Gasteiger partial charge on any atom is -0.457 e. The van der Waals surface area contributed by atoms with Crippen molar-refractivity contribution in [3.63, 3.8) is 0 Å². The van der Waals surface area contributed by atoms with Crippen molar-refractivity contribution >= 4 is 40.9 Å². The number of furan rings is 1. The van der Waals surface area contributed by atoms with Crippen molar-refractivity contribution < 1.29 is 23.8 Å². The number of hydrogen-bond acceptors (Lipinski definition) is 8. The fourth-order valence-electron chi connectivity index (χ4n) is 3.07. The summed E-state index contributed by atoms with van der Waals surface area (Å²) in [4.78, 5) is 37.2. The van der Waals surface area contributed by atoms with Crippen molar-refractivity contribution in [1.82, 2.24) is 0 Å². The van der Waals surface area contributed by atoms with Crippen LogP contribution in [0.3, 0.4) is 0 Å². The third-order valence-electron chi connectivity index (χ3n) is 4.59. The summed E-state index contributed by atoms with van der Waals surface area (Å²) in [6.45, 7) is 1.68. The Labute approximate surface area is 184 Å². The second-order valence-corrected chi connectivity index (χ2v) is 7.13. The van der Waals surface area contributed by atoms with E-state index in [0.29, 0.717) is 16.9 Å². The number of nitro benzene ring substituents is 2. The van der Waals surface area contributed by atoms with Crippen LogP contribution in [0.4, 0.5) is 11.4 Å². The van der Waals surface area contributed by atoms with Crippen LogP contribution in [0.5, 0.6) is 0 Å². The van der Waals surface area contributed by atoms with Gasteiger partial charge < -0.3 is 9.15 Å². The molecule has 0 radical (unpaired) electrons. The van der Waals surface area contributed by atoms with Gasteiger partial charge in [-0.1, -0.05) is 17.7 Å². The lowest BCUT2D eigenvalue weighted by Gasteiger charge is -2.04. The molecule has 0 atom stereocenters. The zero-order valence-electron chi connectivity index (χ0n) is 16.3. The fourth-order valence-corrected chi connectivity index (χ4v) is 3.30. The van der Waals surface area contributed by atoms with Gasteiger partial charge in [0, 0.05) is 35.4 Å². The van der Waals surface area contributed by atoms with Gasteiger partial charge in [-0.2, -0.15) is 0 Å². The first-order valence-electron chi connectivity index (χ1n) is 9.05. The number of aliphatic imine (C=N–C) groups is 1. The van der Waals surface area contributed by atoms with Gasteiger partial charge in [-0.05, 0) is 36.8 Å². The van der Waals surface area contributed by atoms with Crippen molar-refractivity contribution in [1.29, 1.82) is 0 Å². The van der Waals surface area contributed by atoms with Gasteiger partial charge in [-0.15, -0.1) is 0 Å². The number of halogens is 1. The predicted octanol–water partition coefficient (Wildman–Crippen LogP) is 5.07. The molecule has 0 N–H and O–H groups in total. The number of carbonyl (C=O) groups excluding carboxylic acids is 1. The number of benzene rings is 2. The van der Waals surface area contributed by atoms with Gasteiger partial charge in [0.1, 0.15) is 16.5 Å². The quantitative estimate of drug-likeness (QED) is 0.227. The van der Waals surface area contributed by atoms with E-state index >= 15 is 0 Å². The van der Waals surface area contributed by atoms with E-state index in [1.807, 2.05) is 0 Å². The maximum absolute atomic E-state index is 12.2. The highest BCUT2D eigenvalue weighted by Crippen LogP contribution is 2.34. The number of ether oxygens (including phenoxy) is 1. The SMILES string of the molecule is Cc1cc([N+](=O)[O-])c(Cl)cc1-c1ccc(/C=C2\N=C(c3cccc([N+](=O)[O-])c3)OC2=O)o1. The highest BCUT2D eigenvalue weighted by atomic mass is 35.5. The Balaban J connectivity index is 1.64. The van der Waals surface area contributed by atoms with Gasteiger partial charge in [0.2, 0.25) is 5.90 Å². The first kappa shape index (κ1) is 20.9. The molecule has 3 aromatic rings. The van der Waals surface area contributed by atoms with Crippen molar-refractivity contribution in [3.05, 3.63) is 96.4 Å². The average Bonchev–Trinajstić information content (AvgIpc) is 3.36. The van der Waals surface area contributed by atoms with Crippen LogP contribution in [0.25, 0.3) is 17.4 Å². The number of rotatable bonds is 5. The number of nitro groups is 2. The minimum absolute atomic E-state index is 0.0301. The Kier molecular flexibility index (Phi) is 5.29. The summed E-state index contributed by atoms with van der Waals surface area (Å²) in [5, 5.41) is 21.9. The Hall–Kier alpha value is -4.31. The minimum atomic E-state index is -0.737. The van der Waals surface area contributed by atoms with Crippen LogP contribution in [-0.4, -0.2) is 21.7 Å². The lowest BCUT2D eigenvalue weighted by Crippen LogP contribution is -2.05. The summed E-state index contributed by atoms with van der Waals surface area (Å²) in [5.74, 6) is -0.126. The second kappa shape index (κ2) is 8.08. The zero-order chi connectivity index (χ0) is 23.0. The van der Waals surface area contributed by atoms with Gasteiger partial charge in [0.05, 0.1) is 9.85 Å². The predicted molar refractivity (Wildman–Crippen MR) is 114 cm³/mol. The monoisotopic (exact) mass is 453 g/mol. The van der Waals surface area contributed by atoms with E-state index in [9.17, 15) is 25.0 Å². The van der Waals surface area contributed by atoms with Crippen molar-refractivity contribution in [2.24, 2.45) is 4.99 Å². The molecule has 0 saturated carbocycles. The lowest BCUT2D eigenvalue weighted by atomic mass is 10.1. The van der Waals surface area contributed by atoms with E-state index < -0.39 is 15.8 Å². The van der Waals surface area contributed by atoms with Gasteiger partial charge in [-0.25, -0.2) is 9.79 Å². The maximum Gasteiger partial charge on any atom is 0.363 e. The van der Waals surface area contributed by atoms with Gasteiger partial charge in [0.15, 0.2) is 5.70 Å². The van der Waals surface area contributed by atoms with Gasteiger partial charge in [0.25, 0.3) is 11.4 Å². The largest absolute Gasteiger partial charge is 0.457 e. The molecule has 0 bridgehead atoms. The molecule has 160 valence electrons. The summed E-state index contributed by atoms with van der Waals surface area (Å²) < 4.78 is 10.9. The number of non-ortho nitro benzene ring substituents is 1. The first-order chi connectivity index (χ1) is 15.2. The summed E-state index contributed by atoms with van der Waals surface area (Å²) in [6.07, 6.45) is 1.36. The molecule has 1 aromatic heterocycles. The molecule has 0 unspecified atom stereocenters. The van der Waals surface area contributed by atoms with E-state index in [1.165, 1.54) is 42.5 Å². The molecule has 2 heterocycles. The number of aryl methyl sites for hydroxylation is 1. The molecule has 0 spiro atoms. The molecule has 0 amide bonds. The molecule has 4 rings (SSSR count). The van der Waals surface area contributed by atoms with E-state index in [-0.39, 0.29) is 39.3 Å². The normalized spacial score (nSPS) is 14.4. The molecule has 2 aromatic carbocycles. The summed E-state index contributed by atoms with van der Waals surface area (Å²) in [6, 6.07) is 11.6. The molecule has 0 fully saturated rings. The number of hydrogen-bond donors (Lipinski definition) is 0. The summed E-state index contributed by atoms with van der Waals surface area (Å²) in [5.41, 5.74) is 1.00. The van der Waals surface area contributed by atoms with Crippen LogP contribution >= 0.6 is 11.6 Å². The Morgan fingerprint density at radius 2 is 1.84 bits per heavy atom. The third kappa shape index (κ3) is 3.98. The van der Waals surface area contributed by atoms with E-state index in [0.717, 1.165) is 0 Å². The first-order valence-corrected chi connectivity index (χ1v) is 9.43. The lowest BCUT2D eigenvalue weighted by molar-refractivity contribution is -0.385. The highest BCUT2D eigenvalue weighted by molar-refractivity contribution is 6.33. The fraction of sp³-hybridized carbons (Fsp3) is 0.0476. The number of cyclic esters (lactones) is 1. The van der Waals surface area contributed by atoms with Gasteiger partial charge >= 0.3 is 5.97 Å². The van der Waals surface area contributed by atoms with Crippen LogP contribution in [0.1, 0.15) is 16.9 Å². The van der Waals surface area contributed by atoms with Crippen LogP contribution in [-0.2, 0) is 9.53 Å². The molecule has 0 aliphatic carbocycles. The molecule has 32 heavy (non-hydrogen) atoms. The van der Waals surface area contributed by atoms with E-state index in [2.05, 4.69) is 4.99 Å². The standard InChI is InChI=1S/C21H12ClN3O7/c1-11-7-18(25(29)30)16(22)10-15(11)19-6-5-14(31-19)9-17-21(26)32-20(23-17)12-3-2-4-13(8-12)24(27)28/h2-10H,1H3/b17-9-. The second-order valence-electron chi connectivity index (χ2n) is 6.72. The van der Waals surface area contributed by atoms with E-state index in [4.69, 9.17) is 20.8 Å². The molecule has 10 nitrogen and oxygen atoms in total. The Morgan fingerprint density at radius 3 is 2.56 bits per heavy atom. The molecular formula is C21H12ClN3O7. The molecule has 1 aliphatic heterocycles. The van der Waals surface area contributed by atoms with Crippen molar-refractivity contribution in [3.8, 4) is 11.3 Å². The molecular weight excluding hydrogens is 442 g/mol. The molecule has 0 saturated heterocycles. The van der Waals surface area contributed by atoms with Crippen LogP contribution in [0, 0.1) is 27.2 Å². The zero-order valence-corrected chi connectivity index (χ0v) is 17.0. The summed E-state index contributed by atoms with van der Waals surface area (Å²) in [7, 11) is 0. The van der Waals surface area contributed by atoms with Crippen molar-refractivity contribution in [2.75, 3.05) is 0 Å². The average molecular weight is 454 g/mol. The maximum atomic E-state index is 12.2. The van der Waals surface area contributed by atoms with Crippen LogP contribution < -0.4 is 0 Å².